The SMILES string of the molecule is CON(C)c1nc(C)nc(NNC(=O)[C@@H](CNC(=O)O)CC2CCCC2)c1F.CON(C)c1nc(C)nc(NNC(=O)[C@@H](CNC(=O)O)CC2CCCC2)c1F. The summed E-state index contributed by atoms with van der Waals surface area (Å²) in [5, 5.41) is 24.5. The molecule has 2 heterocycles. The van der Waals surface area contributed by atoms with Gasteiger partial charge in [-0.1, -0.05) is 51.4 Å². The summed E-state index contributed by atoms with van der Waals surface area (Å²) in [6, 6.07) is 0. The van der Waals surface area contributed by atoms with Crippen LogP contribution in [0.5, 0.6) is 0 Å². The fraction of sp³-hybridized carbons (Fsp3) is 0.647. The van der Waals surface area contributed by atoms with E-state index in [1.54, 1.807) is 13.8 Å². The molecule has 0 aromatic carbocycles. The van der Waals surface area contributed by atoms with E-state index < -0.39 is 47.5 Å². The van der Waals surface area contributed by atoms with Crippen molar-refractivity contribution in [1.29, 1.82) is 0 Å². The first-order valence-corrected chi connectivity index (χ1v) is 18.3. The predicted molar refractivity (Wildman–Crippen MR) is 200 cm³/mol. The number of carboxylic acid groups (broad SMARTS) is 2. The Labute approximate surface area is 323 Å². The molecule has 0 radical (unpaired) electrons. The lowest BCUT2D eigenvalue weighted by Gasteiger charge is -2.21. The first kappa shape index (κ1) is 45.0. The average molecular weight is 797 g/mol. The van der Waals surface area contributed by atoms with E-state index >= 15 is 0 Å². The van der Waals surface area contributed by atoms with Crippen LogP contribution in [0.2, 0.25) is 0 Å². The Morgan fingerprint density at radius 2 is 1.02 bits per heavy atom. The molecule has 2 fully saturated rings. The van der Waals surface area contributed by atoms with Gasteiger partial charge in [0.15, 0.2) is 23.3 Å². The van der Waals surface area contributed by atoms with E-state index in [0.717, 1.165) is 61.5 Å². The van der Waals surface area contributed by atoms with Crippen molar-refractivity contribution < 1.29 is 47.8 Å². The molecule has 2 aromatic rings. The summed E-state index contributed by atoms with van der Waals surface area (Å²) in [7, 11) is 5.72. The zero-order valence-electron chi connectivity index (χ0n) is 32.6. The quantitative estimate of drug-likeness (QED) is 0.100. The highest BCUT2D eigenvalue weighted by molar-refractivity contribution is 5.81. The summed E-state index contributed by atoms with van der Waals surface area (Å²) in [5.74, 6) is -2.82. The van der Waals surface area contributed by atoms with Gasteiger partial charge in [-0.05, 0) is 38.5 Å². The molecule has 4 amide bonds. The summed E-state index contributed by atoms with van der Waals surface area (Å²) in [5.41, 5.74) is 9.84. The fourth-order valence-electron chi connectivity index (χ4n) is 6.57. The van der Waals surface area contributed by atoms with Crippen LogP contribution in [0.3, 0.4) is 0 Å². The molecule has 8 N–H and O–H groups in total. The molecule has 0 spiro atoms. The molecule has 2 aromatic heterocycles. The third-order valence-electron chi connectivity index (χ3n) is 9.57. The van der Waals surface area contributed by atoms with E-state index in [0.29, 0.717) is 24.7 Å². The Hall–Kier alpha value is -5.38. The first-order chi connectivity index (χ1) is 26.6. The molecule has 0 unspecified atom stereocenters. The minimum absolute atomic E-state index is 0.0116. The number of nitrogens with one attached hydrogen (secondary N) is 6. The molecule has 2 saturated carbocycles. The number of hydrogen-bond acceptors (Lipinski definition) is 14. The molecule has 22 heteroatoms. The second kappa shape index (κ2) is 22.2. The minimum atomic E-state index is -1.19. The van der Waals surface area contributed by atoms with Gasteiger partial charge in [-0.3, -0.25) is 41.0 Å². The summed E-state index contributed by atoms with van der Waals surface area (Å²) in [6.45, 7) is 3.14. The van der Waals surface area contributed by atoms with Gasteiger partial charge in [-0.2, -0.15) is 8.78 Å². The Morgan fingerprint density at radius 1 is 0.679 bits per heavy atom. The normalized spacial score (nSPS) is 15.1. The maximum atomic E-state index is 14.6. The van der Waals surface area contributed by atoms with Crippen molar-refractivity contribution in [3.05, 3.63) is 23.3 Å². The molecule has 2 aliphatic carbocycles. The average Bonchev–Trinajstić information content (AvgIpc) is 3.89. The Morgan fingerprint density at radius 3 is 1.32 bits per heavy atom. The Kier molecular flexibility index (Phi) is 17.9. The van der Waals surface area contributed by atoms with Crippen molar-refractivity contribution in [3.63, 3.8) is 0 Å². The van der Waals surface area contributed by atoms with E-state index in [2.05, 4.69) is 52.3 Å². The topological polar surface area (TPSA) is 257 Å². The van der Waals surface area contributed by atoms with Crippen molar-refractivity contribution in [2.24, 2.45) is 23.7 Å². The van der Waals surface area contributed by atoms with Gasteiger partial charge in [-0.25, -0.2) is 39.7 Å². The van der Waals surface area contributed by atoms with Crippen LogP contribution < -0.4 is 42.5 Å². The number of hydrogen-bond donors (Lipinski definition) is 8. The molecular formula is C34H54F2N12O8. The van der Waals surface area contributed by atoms with Crippen molar-refractivity contribution >= 4 is 47.3 Å². The van der Waals surface area contributed by atoms with E-state index in [-0.39, 0.29) is 48.0 Å². The summed E-state index contributed by atoms with van der Waals surface area (Å²) >= 11 is 0. The van der Waals surface area contributed by atoms with Gasteiger partial charge in [0, 0.05) is 27.2 Å². The lowest BCUT2D eigenvalue weighted by Crippen LogP contribution is -2.42. The van der Waals surface area contributed by atoms with Crippen molar-refractivity contribution in [2.75, 3.05) is 62.4 Å². The summed E-state index contributed by atoms with van der Waals surface area (Å²) in [6.07, 6.45) is 7.31. The number of aromatic nitrogens is 4. The Balaban J connectivity index is 0.000000300. The van der Waals surface area contributed by atoms with Crippen LogP contribution in [0.4, 0.5) is 41.6 Å². The van der Waals surface area contributed by atoms with Crippen LogP contribution in [-0.4, -0.2) is 95.6 Å². The van der Waals surface area contributed by atoms with E-state index in [9.17, 15) is 28.0 Å². The number of carbonyl (C=O) groups excluding carboxylic acids is 2. The van der Waals surface area contributed by atoms with Gasteiger partial charge in [0.05, 0.1) is 26.1 Å². The van der Waals surface area contributed by atoms with Gasteiger partial charge < -0.3 is 20.8 Å². The number of nitrogens with zero attached hydrogens (tertiary/aromatic N) is 6. The zero-order valence-corrected chi connectivity index (χ0v) is 32.6. The van der Waals surface area contributed by atoms with Crippen molar-refractivity contribution in [2.45, 2.75) is 78.1 Å². The monoisotopic (exact) mass is 796 g/mol. The second-order valence-electron chi connectivity index (χ2n) is 13.6. The van der Waals surface area contributed by atoms with Gasteiger partial charge in [0.2, 0.25) is 23.4 Å². The molecule has 0 aliphatic heterocycles. The number of hydrazine groups is 2. The number of amides is 4. The number of carbonyl (C=O) groups is 4. The lowest BCUT2D eigenvalue weighted by molar-refractivity contribution is -0.125. The highest BCUT2D eigenvalue weighted by Crippen LogP contribution is 2.31. The third kappa shape index (κ3) is 14.0. The largest absolute Gasteiger partial charge is 0.465 e. The molecular weight excluding hydrogens is 742 g/mol. The first-order valence-electron chi connectivity index (χ1n) is 18.3. The van der Waals surface area contributed by atoms with Gasteiger partial charge in [-0.15, -0.1) is 0 Å². The van der Waals surface area contributed by atoms with Crippen molar-refractivity contribution in [1.82, 2.24) is 41.4 Å². The molecule has 20 nitrogen and oxygen atoms in total. The van der Waals surface area contributed by atoms with Crippen LogP contribution in [-0.2, 0) is 19.3 Å². The van der Waals surface area contributed by atoms with Crippen LogP contribution in [0.15, 0.2) is 0 Å². The Bertz CT molecular complexity index is 1510. The number of aryl methyl sites for hydroxylation is 2. The van der Waals surface area contributed by atoms with Gasteiger partial charge in [0.25, 0.3) is 0 Å². The van der Waals surface area contributed by atoms with E-state index in [4.69, 9.17) is 19.9 Å². The zero-order chi connectivity index (χ0) is 41.4. The summed E-state index contributed by atoms with van der Waals surface area (Å²) < 4.78 is 29.1. The van der Waals surface area contributed by atoms with Crippen LogP contribution in [0, 0.1) is 49.2 Å². The van der Waals surface area contributed by atoms with Crippen LogP contribution in [0.25, 0.3) is 0 Å². The molecule has 2 aliphatic rings. The second-order valence-corrected chi connectivity index (χ2v) is 13.6. The minimum Gasteiger partial charge on any atom is -0.465 e. The molecule has 2 atom stereocenters. The number of rotatable bonds is 18. The number of hydroxylamine groups is 2. The molecule has 56 heavy (non-hydrogen) atoms. The lowest BCUT2D eigenvalue weighted by atomic mass is 9.92. The maximum Gasteiger partial charge on any atom is 0.404 e. The molecule has 0 bridgehead atoms. The predicted octanol–water partition coefficient (Wildman–Crippen LogP) is 3.66. The number of anilines is 4. The van der Waals surface area contributed by atoms with Crippen molar-refractivity contribution in [3.8, 4) is 0 Å². The van der Waals surface area contributed by atoms with Crippen LogP contribution >= 0.6 is 0 Å². The summed E-state index contributed by atoms with van der Waals surface area (Å²) in [4.78, 5) is 72.5. The van der Waals surface area contributed by atoms with Gasteiger partial charge >= 0.3 is 12.2 Å². The molecule has 4 rings (SSSR count). The van der Waals surface area contributed by atoms with Crippen LogP contribution in [0.1, 0.15) is 75.9 Å². The molecule has 312 valence electrons. The standard InChI is InChI=1S/2C17H27FN6O4/c2*1-10-20-14(13(18)15(21-10)24(2)28-3)22-23-16(25)12(9-19-17(26)27)8-11-6-4-5-7-11/h2*11-12,19H,4-9H2,1-3H3,(H,23,25)(H,26,27)(H,20,21,22)/t2*12-/m11/s1. The smallest absolute Gasteiger partial charge is 0.404 e. The van der Waals surface area contributed by atoms with Gasteiger partial charge in [0.1, 0.15) is 11.6 Å². The van der Waals surface area contributed by atoms with E-state index in [1.165, 1.54) is 28.3 Å². The third-order valence-corrected chi connectivity index (χ3v) is 9.57. The number of halogens is 2. The van der Waals surface area contributed by atoms with E-state index in [1.807, 2.05) is 0 Å². The molecule has 0 saturated heterocycles. The maximum absolute atomic E-state index is 14.6. The highest BCUT2D eigenvalue weighted by Gasteiger charge is 2.28. The highest BCUT2D eigenvalue weighted by atomic mass is 19.1. The fourth-order valence-corrected chi connectivity index (χ4v) is 6.57.